The van der Waals surface area contributed by atoms with Crippen molar-refractivity contribution in [2.45, 2.75) is 0 Å². The molecule has 12 heavy (non-hydrogen) atoms. The largest absolute Gasteiger partial charge is 0.768 e. The molecule has 0 saturated heterocycles. The van der Waals surface area contributed by atoms with Gasteiger partial charge in [-0.3, -0.25) is 10.4 Å². The lowest BCUT2D eigenvalue weighted by Crippen LogP contribution is -2.17. The monoisotopic (exact) mass is 178 g/mol. The normalized spacial score (nSPS) is 10.1. The van der Waals surface area contributed by atoms with Crippen molar-refractivity contribution in [2.24, 2.45) is 0 Å². The van der Waals surface area contributed by atoms with Crippen LogP contribution < -0.4 is 10.5 Å². The van der Waals surface area contributed by atoms with E-state index < -0.39 is 26.9 Å². The van der Waals surface area contributed by atoms with Crippen molar-refractivity contribution in [1.82, 2.24) is 9.77 Å². The van der Waals surface area contributed by atoms with Crippen molar-refractivity contribution in [3.8, 4) is 0 Å². The summed E-state index contributed by atoms with van der Waals surface area (Å²) in [4.78, 5) is 2.57. The van der Waals surface area contributed by atoms with Crippen LogP contribution in [0.4, 0.5) is 16.1 Å². The minimum Gasteiger partial charge on any atom is -0.768 e. The van der Waals surface area contributed by atoms with Gasteiger partial charge in [0.1, 0.15) is 6.33 Å². The average molecular weight is 178 g/mol. The predicted octanol–water partition coefficient (Wildman–Crippen LogP) is 0.00250. The summed E-state index contributed by atoms with van der Waals surface area (Å²) in [6, 6.07) is 0. The van der Waals surface area contributed by atoms with Crippen LogP contribution in [0.3, 0.4) is 0 Å². The number of nitrogens with zero attached hydrogens (tertiary/aromatic N) is 4. The molecule has 0 bridgehead atoms. The standard InChI is InChI=1S/C3H3FN4O4/c4-6-1-5-2(7(9)10)3(6)8(11)12/h1,11-12H/q-2. The molecule has 0 spiro atoms. The van der Waals surface area contributed by atoms with Gasteiger partial charge in [0.2, 0.25) is 5.82 Å². The number of rotatable bonds is 2. The van der Waals surface area contributed by atoms with Gasteiger partial charge in [0.15, 0.2) is 5.82 Å². The van der Waals surface area contributed by atoms with Crippen molar-refractivity contribution in [3.05, 3.63) is 16.7 Å². The molecule has 1 heterocycles. The Morgan fingerprint density at radius 1 is 1.50 bits per heavy atom. The average Bonchev–Trinajstić information content (AvgIpc) is 2.30. The van der Waals surface area contributed by atoms with Gasteiger partial charge in [-0.25, -0.2) is 4.98 Å². The predicted molar refractivity (Wildman–Crippen MR) is 34.0 cm³/mol. The number of imidazole rings is 1. The Balaban J connectivity index is 3.12. The van der Waals surface area contributed by atoms with Crippen LogP contribution in [0.1, 0.15) is 0 Å². The summed E-state index contributed by atoms with van der Waals surface area (Å²) < 4.78 is 12.4. The Labute approximate surface area is 64.7 Å². The van der Waals surface area contributed by atoms with E-state index in [1.807, 2.05) is 0 Å². The van der Waals surface area contributed by atoms with E-state index in [1.165, 1.54) is 0 Å². The Bertz CT molecular complexity index is 273. The molecule has 0 aliphatic carbocycles. The van der Waals surface area contributed by atoms with Crippen molar-refractivity contribution < 1.29 is 14.9 Å². The molecule has 0 aliphatic heterocycles. The van der Waals surface area contributed by atoms with Gasteiger partial charge < -0.3 is 15.6 Å². The topological polar surface area (TPSA) is 111 Å². The van der Waals surface area contributed by atoms with Gasteiger partial charge in [-0.2, -0.15) is 0 Å². The van der Waals surface area contributed by atoms with Gasteiger partial charge >= 0.3 is 0 Å². The highest BCUT2D eigenvalue weighted by atomic mass is 19.2. The first kappa shape index (κ1) is 8.67. The molecule has 9 heteroatoms. The second kappa shape index (κ2) is 2.91. The van der Waals surface area contributed by atoms with E-state index in [0.717, 1.165) is 0 Å². The van der Waals surface area contributed by atoms with E-state index in [9.17, 15) is 14.9 Å². The molecule has 1 aromatic heterocycles. The number of aromatic nitrogens is 2. The molecule has 0 fully saturated rings. The molecule has 0 atom stereocenters. The molecule has 8 nitrogen and oxygen atoms in total. The van der Waals surface area contributed by atoms with Crippen LogP contribution in [0.15, 0.2) is 6.33 Å². The van der Waals surface area contributed by atoms with E-state index >= 15 is 0 Å². The highest BCUT2D eigenvalue weighted by Gasteiger charge is 2.14. The van der Waals surface area contributed by atoms with Crippen molar-refractivity contribution >= 4 is 11.6 Å². The zero-order valence-electron chi connectivity index (χ0n) is 5.46. The first-order valence-electron chi connectivity index (χ1n) is 2.60. The SMILES string of the molecule is [O-]N([O-])c1ncn(F)c1N(O)O. The van der Waals surface area contributed by atoms with Gasteiger partial charge in [-0.1, -0.05) is 4.48 Å². The van der Waals surface area contributed by atoms with Crippen LogP contribution in [0.2, 0.25) is 0 Å². The van der Waals surface area contributed by atoms with Crippen molar-refractivity contribution in [1.29, 1.82) is 0 Å². The van der Waals surface area contributed by atoms with E-state index in [4.69, 9.17) is 10.4 Å². The molecule has 0 amide bonds. The lowest BCUT2D eigenvalue weighted by Gasteiger charge is -2.35. The van der Waals surface area contributed by atoms with Crippen molar-refractivity contribution in [3.63, 3.8) is 0 Å². The van der Waals surface area contributed by atoms with Gasteiger partial charge in [0, 0.05) is 0 Å². The fourth-order valence-electron chi connectivity index (χ4n) is 0.617. The molecule has 0 aliphatic rings. The molecule has 1 aromatic rings. The number of hydrogen-bond acceptors (Lipinski definition) is 7. The van der Waals surface area contributed by atoms with Crippen LogP contribution >= 0.6 is 0 Å². The Kier molecular flexibility index (Phi) is 2.10. The van der Waals surface area contributed by atoms with E-state index in [0.29, 0.717) is 6.33 Å². The highest BCUT2D eigenvalue weighted by Crippen LogP contribution is 2.24. The van der Waals surface area contributed by atoms with E-state index in [2.05, 4.69) is 4.98 Å². The molecule has 68 valence electrons. The van der Waals surface area contributed by atoms with Gasteiger partial charge in [-0.05, 0) is 0 Å². The van der Waals surface area contributed by atoms with E-state index in [1.54, 1.807) is 0 Å². The van der Waals surface area contributed by atoms with Crippen molar-refractivity contribution in [2.75, 3.05) is 10.5 Å². The maximum atomic E-state index is 12.4. The van der Waals surface area contributed by atoms with Gasteiger partial charge in [0.05, 0.1) is 0 Å². The Hall–Kier alpha value is -1.42. The maximum absolute atomic E-state index is 12.4. The second-order valence-electron chi connectivity index (χ2n) is 1.75. The summed E-state index contributed by atoms with van der Waals surface area (Å²) in [7, 11) is 0. The molecule has 2 N–H and O–H groups in total. The summed E-state index contributed by atoms with van der Waals surface area (Å²) in [5, 5.41) is 35.0. The maximum Gasteiger partial charge on any atom is 0.235 e. The summed E-state index contributed by atoms with van der Waals surface area (Å²) >= 11 is 0. The molecule has 0 saturated carbocycles. The van der Waals surface area contributed by atoms with Crippen LogP contribution in [0.5, 0.6) is 0 Å². The number of hydrogen-bond donors (Lipinski definition) is 2. The summed E-state index contributed by atoms with van der Waals surface area (Å²) in [5.41, 5.74) is 0. The fourth-order valence-corrected chi connectivity index (χ4v) is 0.617. The quantitative estimate of drug-likeness (QED) is 0.613. The van der Waals surface area contributed by atoms with Crippen LogP contribution in [-0.4, -0.2) is 20.2 Å². The second-order valence-corrected chi connectivity index (χ2v) is 1.75. The van der Waals surface area contributed by atoms with Crippen LogP contribution in [0, 0.1) is 10.4 Å². The van der Waals surface area contributed by atoms with Gasteiger partial charge in [0.25, 0.3) is 0 Å². The third-order valence-electron chi connectivity index (χ3n) is 1.05. The molecule has 0 unspecified atom stereocenters. The summed E-state index contributed by atoms with van der Waals surface area (Å²) in [6.45, 7) is 0. The Morgan fingerprint density at radius 3 is 2.42 bits per heavy atom. The summed E-state index contributed by atoms with van der Waals surface area (Å²) in [6.07, 6.45) is 0.437. The smallest absolute Gasteiger partial charge is 0.235 e. The highest BCUT2D eigenvalue weighted by molar-refractivity contribution is 5.61. The first-order valence-corrected chi connectivity index (χ1v) is 2.60. The zero-order valence-corrected chi connectivity index (χ0v) is 5.46. The first-order chi connectivity index (χ1) is 5.54. The summed E-state index contributed by atoms with van der Waals surface area (Å²) in [5.74, 6) is -2.04. The molecular formula is C3H3FN4O4-2. The molecule has 0 radical (unpaired) electrons. The zero-order chi connectivity index (χ0) is 9.30. The van der Waals surface area contributed by atoms with E-state index in [-0.39, 0.29) is 0 Å². The van der Waals surface area contributed by atoms with Crippen LogP contribution in [-0.2, 0) is 0 Å². The number of halogens is 1. The molecular weight excluding hydrogens is 175 g/mol. The minimum absolute atomic E-state index is 0.391. The minimum atomic E-state index is -1.06. The third-order valence-corrected chi connectivity index (χ3v) is 1.05. The molecule has 0 aromatic carbocycles. The third kappa shape index (κ3) is 1.29. The lowest BCUT2D eigenvalue weighted by atomic mass is 10.7. The van der Waals surface area contributed by atoms with Gasteiger partial charge in [-0.15, -0.1) is 10.0 Å². The number of anilines is 2. The van der Waals surface area contributed by atoms with Crippen LogP contribution in [0.25, 0.3) is 0 Å². The fraction of sp³-hybridized carbons (Fsp3) is 0. The molecule has 1 rings (SSSR count). The Morgan fingerprint density at radius 2 is 2.08 bits per heavy atom. The lowest BCUT2D eigenvalue weighted by molar-refractivity contribution is 0.0215.